The van der Waals surface area contributed by atoms with Crippen LogP contribution in [0.4, 0.5) is 8.78 Å². The van der Waals surface area contributed by atoms with Crippen LogP contribution < -0.4 is 0 Å². The van der Waals surface area contributed by atoms with Gasteiger partial charge in [0.15, 0.2) is 0 Å². The van der Waals surface area contributed by atoms with Crippen molar-refractivity contribution < 1.29 is 41.4 Å². The Morgan fingerprint density at radius 1 is 1.16 bits per heavy atom. The quantitative estimate of drug-likeness (QED) is 0.384. The van der Waals surface area contributed by atoms with Gasteiger partial charge in [-0.2, -0.15) is 8.78 Å². The van der Waals surface area contributed by atoms with E-state index in [2.05, 4.69) is 4.74 Å². The van der Waals surface area contributed by atoms with E-state index >= 15 is 0 Å². The number of alkyl halides is 2. The Morgan fingerprint density at radius 2 is 1.72 bits per heavy atom. The van der Waals surface area contributed by atoms with Gasteiger partial charge < -0.3 is 14.0 Å². The fourth-order valence-electron chi connectivity index (χ4n) is 4.57. The second-order valence-electron chi connectivity index (χ2n) is 7.05. The summed E-state index contributed by atoms with van der Waals surface area (Å²) in [4.78, 5) is 35.5. The van der Waals surface area contributed by atoms with Crippen molar-refractivity contribution in [1.82, 2.24) is 0 Å². The molecular weight excluding hydrogens is 362 g/mol. The molecule has 0 N–H and O–H groups in total. The number of carbonyl (C=O) groups is 3. The predicted octanol–water partition coefficient (Wildman–Crippen LogP) is 0.940. The van der Waals surface area contributed by atoms with Crippen LogP contribution in [0.25, 0.3) is 0 Å². The van der Waals surface area contributed by atoms with Crippen LogP contribution in [0.3, 0.4) is 0 Å². The van der Waals surface area contributed by atoms with E-state index in [1.807, 2.05) is 0 Å². The van der Waals surface area contributed by atoms with Crippen LogP contribution in [0.5, 0.6) is 0 Å². The molecule has 4 aliphatic carbocycles. The number of esters is 2. The van der Waals surface area contributed by atoms with Crippen LogP contribution in [-0.2, 0) is 34.9 Å². The lowest BCUT2D eigenvalue weighted by Gasteiger charge is -2.53. The van der Waals surface area contributed by atoms with Gasteiger partial charge in [0, 0.05) is 22.9 Å². The third kappa shape index (κ3) is 3.21. The van der Waals surface area contributed by atoms with Crippen molar-refractivity contribution in [2.24, 2.45) is 23.2 Å². The lowest BCUT2D eigenvalue weighted by atomic mass is 9.49. The molecule has 0 aromatic carbocycles. The van der Waals surface area contributed by atoms with Crippen molar-refractivity contribution in [3.8, 4) is 0 Å². The minimum atomic E-state index is -4.63. The fraction of sp³-hybridized carbons (Fsp3) is 0.800. The molecule has 0 saturated heterocycles. The highest BCUT2D eigenvalue weighted by Gasteiger charge is 2.59. The number of halogens is 2. The van der Waals surface area contributed by atoms with Crippen molar-refractivity contribution in [2.45, 2.75) is 37.4 Å². The summed E-state index contributed by atoms with van der Waals surface area (Å²) in [6.45, 7) is -1.11. The Bertz CT molecular complexity index is 617. The first-order valence-electron chi connectivity index (χ1n) is 8.01. The maximum absolute atomic E-state index is 12.8. The molecule has 0 aromatic rings. The average molecular weight is 379 g/mol. The van der Waals surface area contributed by atoms with Crippen LogP contribution in [0, 0.1) is 23.2 Å². The summed E-state index contributed by atoms with van der Waals surface area (Å²) in [5.41, 5.74) is -0.713. The number of rotatable bonds is 6. The van der Waals surface area contributed by atoms with E-state index < -0.39 is 46.9 Å². The number of carbonyl (C=O) groups excluding carboxylic acids is 3. The molecule has 25 heavy (non-hydrogen) atoms. The number of Topliss-reactive ketones (excluding diaryl/α,β-unsaturated/α-hetero) is 1. The molecule has 4 saturated carbocycles. The first-order valence-corrected chi connectivity index (χ1v) is 9.08. The lowest BCUT2D eigenvalue weighted by molar-refractivity contribution is -0.178. The van der Waals surface area contributed by atoms with Gasteiger partial charge in [-0.3, -0.25) is 13.8 Å². The first-order chi connectivity index (χ1) is 11.7. The Kier molecular flexibility index (Phi) is 4.69. The zero-order valence-electron chi connectivity index (χ0n) is 13.2. The molecule has 4 bridgehead atoms. The van der Waals surface area contributed by atoms with Gasteiger partial charge in [-0.25, -0.2) is 4.79 Å². The molecular formula is C15H17F2O7S-. The molecule has 4 rings (SSSR count). The first kappa shape index (κ1) is 18.4. The molecule has 4 fully saturated rings. The summed E-state index contributed by atoms with van der Waals surface area (Å²) in [7, 11) is 0. The smallest absolute Gasteiger partial charge is 0.403 e. The van der Waals surface area contributed by atoms with Gasteiger partial charge in [0.2, 0.25) is 0 Å². The van der Waals surface area contributed by atoms with E-state index in [-0.39, 0.29) is 17.6 Å². The van der Waals surface area contributed by atoms with Gasteiger partial charge in [-0.1, -0.05) is 0 Å². The molecule has 0 aromatic heterocycles. The number of ether oxygens (including phenoxy) is 2. The molecule has 0 spiro atoms. The molecule has 3 atom stereocenters. The van der Waals surface area contributed by atoms with Gasteiger partial charge in [-0.15, -0.1) is 0 Å². The van der Waals surface area contributed by atoms with Crippen molar-refractivity contribution in [3.05, 3.63) is 0 Å². The SMILES string of the molecule is O=C1C2CC3CC1CC(C(=O)OCCOC(=O)C(F)(F)S(=O)[O-])(C3)C2. The number of ketones is 1. The zero-order valence-corrected chi connectivity index (χ0v) is 14.0. The minimum Gasteiger partial charge on any atom is -0.767 e. The van der Waals surface area contributed by atoms with Crippen LogP contribution in [-0.4, -0.2) is 45.0 Å². The topological polar surface area (TPSA) is 110 Å². The Balaban J connectivity index is 1.50. The normalized spacial score (nSPS) is 34.7. The minimum absolute atomic E-state index is 0.109. The van der Waals surface area contributed by atoms with Crippen LogP contribution >= 0.6 is 0 Å². The van der Waals surface area contributed by atoms with E-state index in [0.29, 0.717) is 25.2 Å². The van der Waals surface area contributed by atoms with Crippen LogP contribution in [0.15, 0.2) is 0 Å². The maximum atomic E-state index is 12.8. The largest absolute Gasteiger partial charge is 0.767 e. The Hall–Kier alpha value is -1.42. The number of hydrogen-bond acceptors (Lipinski definition) is 7. The lowest BCUT2D eigenvalue weighted by Crippen LogP contribution is -2.55. The summed E-state index contributed by atoms with van der Waals surface area (Å²) in [6.07, 6.45) is 3.17. The predicted molar refractivity (Wildman–Crippen MR) is 76.8 cm³/mol. The molecule has 0 amide bonds. The second kappa shape index (κ2) is 6.39. The highest BCUT2D eigenvalue weighted by Crippen LogP contribution is 2.59. The molecule has 140 valence electrons. The zero-order chi connectivity index (χ0) is 18.4. The molecule has 0 heterocycles. The fourth-order valence-corrected chi connectivity index (χ4v) is 4.77. The highest BCUT2D eigenvalue weighted by molar-refractivity contribution is 7.81. The standard InChI is InChI=1S/C15H18F2O7S/c16-15(17,25(21)22)13(20)24-2-1-23-12(19)14-5-8-3-9(6-14)11(18)10(4-8)7-14/h8-10H,1-7H2,(H,21,22)/p-1. The molecule has 3 unspecified atom stereocenters. The third-order valence-electron chi connectivity index (χ3n) is 5.42. The monoisotopic (exact) mass is 379 g/mol. The third-order valence-corrected chi connectivity index (χ3v) is 6.01. The van der Waals surface area contributed by atoms with Crippen LogP contribution in [0.1, 0.15) is 32.1 Å². The molecule has 4 aliphatic rings. The van der Waals surface area contributed by atoms with Crippen molar-refractivity contribution in [3.63, 3.8) is 0 Å². The van der Waals surface area contributed by atoms with E-state index in [9.17, 15) is 31.9 Å². The summed E-state index contributed by atoms with van der Waals surface area (Å²) in [5.74, 6) is -2.39. The summed E-state index contributed by atoms with van der Waals surface area (Å²) < 4.78 is 55.3. The van der Waals surface area contributed by atoms with Gasteiger partial charge in [0.05, 0.1) is 5.41 Å². The number of hydrogen-bond donors (Lipinski definition) is 0. The van der Waals surface area contributed by atoms with Gasteiger partial charge in [0.25, 0.3) is 0 Å². The van der Waals surface area contributed by atoms with E-state index in [1.165, 1.54) is 0 Å². The Morgan fingerprint density at radius 3 is 2.28 bits per heavy atom. The Labute approximate surface area is 144 Å². The second-order valence-corrected chi connectivity index (χ2v) is 8.03. The summed E-state index contributed by atoms with van der Waals surface area (Å²) in [5, 5.41) is -4.63. The van der Waals surface area contributed by atoms with Gasteiger partial charge in [-0.05, 0) is 38.0 Å². The van der Waals surface area contributed by atoms with Crippen molar-refractivity contribution in [1.29, 1.82) is 0 Å². The maximum Gasteiger partial charge on any atom is 0.403 e. The van der Waals surface area contributed by atoms with E-state index in [1.54, 1.807) is 0 Å². The molecule has 0 aliphatic heterocycles. The van der Waals surface area contributed by atoms with E-state index in [4.69, 9.17) is 4.74 Å². The van der Waals surface area contributed by atoms with E-state index in [0.717, 1.165) is 12.8 Å². The summed E-state index contributed by atoms with van der Waals surface area (Å²) >= 11 is -3.93. The van der Waals surface area contributed by atoms with Crippen LogP contribution in [0.2, 0.25) is 0 Å². The molecule has 7 nitrogen and oxygen atoms in total. The van der Waals surface area contributed by atoms with Crippen molar-refractivity contribution in [2.75, 3.05) is 13.2 Å². The van der Waals surface area contributed by atoms with Gasteiger partial charge in [0.1, 0.15) is 19.0 Å². The van der Waals surface area contributed by atoms with Gasteiger partial charge >= 0.3 is 17.2 Å². The molecule has 10 heteroatoms. The summed E-state index contributed by atoms with van der Waals surface area (Å²) in [6, 6.07) is 0. The average Bonchev–Trinajstić information content (AvgIpc) is 2.54. The van der Waals surface area contributed by atoms with Crippen molar-refractivity contribution >= 4 is 28.8 Å². The highest BCUT2D eigenvalue weighted by atomic mass is 32.2. The molecule has 0 radical (unpaired) electrons.